The second-order valence-corrected chi connectivity index (χ2v) is 7.91. The molecule has 30 heavy (non-hydrogen) atoms. The maximum atomic E-state index is 6.17. The number of piperidine rings is 1. The second-order valence-electron chi connectivity index (χ2n) is 7.91. The summed E-state index contributed by atoms with van der Waals surface area (Å²) in [6, 6.07) is 8.34. The summed E-state index contributed by atoms with van der Waals surface area (Å²) in [6.07, 6.45) is 7.92. The van der Waals surface area contributed by atoms with Crippen molar-refractivity contribution in [3.63, 3.8) is 0 Å². The Hall–Kier alpha value is -3.39. The average molecular weight is 403 g/mol. The molecule has 1 saturated heterocycles. The predicted molar refractivity (Wildman–Crippen MR) is 118 cm³/mol. The van der Waals surface area contributed by atoms with Crippen molar-refractivity contribution >= 4 is 22.6 Å². The van der Waals surface area contributed by atoms with Crippen LogP contribution in [0.15, 0.2) is 47.3 Å². The molecule has 0 atom stereocenters. The minimum Gasteiger partial charge on any atom is -0.436 e. The van der Waals surface area contributed by atoms with Gasteiger partial charge in [0.05, 0.1) is 17.8 Å². The molecule has 5 rings (SSSR count). The standard InChI is InChI=1S/C22H25N7O/c1-28(2)17-3-4-20-19(10-17)27-22(30-20)18-9-14(11-25-21(18)23)15-12-26-29(13-15)16-5-7-24-8-6-16/h3-4,9-13,16,24H,5-8H2,1-2H3,(H2,23,25). The zero-order chi connectivity index (χ0) is 20.7. The van der Waals surface area contributed by atoms with E-state index in [0.717, 1.165) is 53.8 Å². The minimum atomic E-state index is 0.392. The third kappa shape index (κ3) is 3.39. The van der Waals surface area contributed by atoms with Crippen molar-refractivity contribution in [2.45, 2.75) is 18.9 Å². The number of nitrogen functional groups attached to an aromatic ring is 1. The smallest absolute Gasteiger partial charge is 0.231 e. The molecule has 4 heterocycles. The van der Waals surface area contributed by atoms with E-state index in [1.807, 2.05) is 49.5 Å². The molecule has 3 aromatic heterocycles. The minimum absolute atomic E-state index is 0.392. The fourth-order valence-corrected chi connectivity index (χ4v) is 3.87. The quantitative estimate of drug-likeness (QED) is 0.539. The van der Waals surface area contributed by atoms with Gasteiger partial charge in [-0.3, -0.25) is 4.68 Å². The fourth-order valence-electron chi connectivity index (χ4n) is 3.87. The highest BCUT2D eigenvalue weighted by Gasteiger charge is 2.18. The fraction of sp³-hybridized carbons (Fsp3) is 0.318. The first-order chi connectivity index (χ1) is 14.6. The summed E-state index contributed by atoms with van der Waals surface area (Å²) < 4.78 is 8.05. The van der Waals surface area contributed by atoms with E-state index in [1.54, 1.807) is 6.20 Å². The van der Waals surface area contributed by atoms with Crippen LogP contribution in [-0.2, 0) is 0 Å². The van der Waals surface area contributed by atoms with Crippen LogP contribution in [0.1, 0.15) is 18.9 Å². The SMILES string of the molecule is CN(C)c1ccc2oc(-c3cc(-c4cnn(C5CCNCC5)c4)cnc3N)nc2c1. The first-order valence-corrected chi connectivity index (χ1v) is 10.2. The third-order valence-electron chi connectivity index (χ3n) is 5.65. The Labute approximate surface area is 174 Å². The molecule has 4 aromatic rings. The number of hydrogen-bond acceptors (Lipinski definition) is 7. The van der Waals surface area contributed by atoms with E-state index in [0.29, 0.717) is 23.3 Å². The monoisotopic (exact) mass is 403 g/mol. The molecular formula is C22H25N7O. The Balaban J connectivity index is 1.49. The van der Waals surface area contributed by atoms with E-state index in [-0.39, 0.29) is 0 Å². The highest BCUT2D eigenvalue weighted by molar-refractivity contribution is 5.83. The van der Waals surface area contributed by atoms with Gasteiger partial charge in [-0.15, -0.1) is 0 Å². The molecule has 0 bridgehead atoms. The van der Waals surface area contributed by atoms with Crippen LogP contribution < -0.4 is 16.0 Å². The highest BCUT2D eigenvalue weighted by atomic mass is 16.3. The van der Waals surface area contributed by atoms with Crippen LogP contribution in [0.25, 0.3) is 33.7 Å². The van der Waals surface area contributed by atoms with Crippen LogP contribution in [0.4, 0.5) is 11.5 Å². The van der Waals surface area contributed by atoms with Gasteiger partial charge in [0.2, 0.25) is 5.89 Å². The Bertz CT molecular complexity index is 1190. The number of hydrogen-bond donors (Lipinski definition) is 2. The lowest BCUT2D eigenvalue weighted by Crippen LogP contribution is -2.29. The average Bonchev–Trinajstić information content (AvgIpc) is 3.41. The van der Waals surface area contributed by atoms with Gasteiger partial charge in [0, 0.05) is 43.3 Å². The summed E-state index contributed by atoms with van der Waals surface area (Å²) in [5, 5.41) is 7.98. The number of nitrogens with two attached hydrogens (primary N) is 1. The Morgan fingerprint density at radius 2 is 1.97 bits per heavy atom. The molecule has 0 aliphatic carbocycles. The Morgan fingerprint density at radius 1 is 1.13 bits per heavy atom. The molecule has 8 heteroatoms. The van der Waals surface area contributed by atoms with E-state index in [1.165, 1.54) is 0 Å². The van der Waals surface area contributed by atoms with E-state index in [2.05, 4.69) is 31.3 Å². The molecule has 1 aromatic carbocycles. The van der Waals surface area contributed by atoms with E-state index < -0.39 is 0 Å². The lowest BCUT2D eigenvalue weighted by Gasteiger charge is -2.22. The summed E-state index contributed by atoms with van der Waals surface area (Å²) in [6.45, 7) is 2.06. The lowest BCUT2D eigenvalue weighted by molar-refractivity contribution is 0.343. The Morgan fingerprint density at radius 3 is 2.77 bits per heavy atom. The van der Waals surface area contributed by atoms with Gasteiger partial charge in [-0.05, 0) is 50.2 Å². The number of rotatable bonds is 4. The van der Waals surface area contributed by atoms with Gasteiger partial charge in [-0.1, -0.05) is 0 Å². The second kappa shape index (κ2) is 7.46. The number of benzene rings is 1. The number of nitrogens with zero attached hydrogens (tertiary/aromatic N) is 5. The van der Waals surface area contributed by atoms with Crippen molar-refractivity contribution in [3.8, 4) is 22.6 Å². The zero-order valence-corrected chi connectivity index (χ0v) is 17.2. The number of pyridine rings is 1. The molecule has 0 amide bonds. The summed E-state index contributed by atoms with van der Waals surface area (Å²) in [4.78, 5) is 11.1. The van der Waals surface area contributed by atoms with Gasteiger partial charge in [-0.2, -0.15) is 5.10 Å². The molecule has 154 valence electrons. The maximum absolute atomic E-state index is 6.17. The molecule has 1 fully saturated rings. The normalized spacial score (nSPS) is 15.0. The van der Waals surface area contributed by atoms with Crippen LogP contribution in [-0.4, -0.2) is 46.9 Å². The molecule has 0 spiro atoms. The lowest BCUT2D eigenvalue weighted by atomic mass is 10.1. The summed E-state index contributed by atoms with van der Waals surface area (Å²) in [7, 11) is 4.00. The van der Waals surface area contributed by atoms with Crippen molar-refractivity contribution in [2.75, 3.05) is 37.8 Å². The van der Waals surface area contributed by atoms with Crippen molar-refractivity contribution in [2.24, 2.45) is 0 Å². The zero-order valence-electron chi connectivity index (χ0n) is 17.2. The van der Waals surface area contributed by atoms with Crippen molar-refractivity contribution < 1.29 is 4.42 Å². The first-order valence-electron chi connectivity index (χ1n) is 10.2. The van der Waals surface area contributed by atoms with E-state index in [4.69, 9.17) is 10.2 Å². The summed E-state index contributed by atoms with van der Waals surface area (Å²) >= 11 is 0. The highest BCUT2D eigenvalue weighted by Crippen LogP contribution is 2.32. The molecule has 0 unspecified atom stereocenters. The topological polar surface area (TPSA) is 98.0 Å². The number of fused-ring (bicyclic) bond motifs is 1. The van der Waals surface area contributed by atoms with Gasteiger partial charge in [0.1, 0.15) is 11.3 Å². The van der Waals surface area contributed by atoms with E-state index >= 15 is 0 Å². The van der Waals surface area contributed by atoms with Gasteiger partial charge in [0.15, 0.2) is 5.58 Å². The van der Waals surface area contributed by atoms with Crippen molar-refractivity contribution in [3.05, 3.63) is 42.9 Å². The predicted octanol–water partition coefficient (Wildman–Crippen LogP) is 3.33. The van der Waals surface area contributed by atoms with E-state index in [9.17, 15) is 0 Å². The largest absolute Gasteiger partial charge is 0.436 e. The first kappa shape index (κ1) is 18.6. The molecule has 0 radical (unpaired) electrons. The van der Waals surface area contributed by atoms with Crippen LogP contribution >= 0.6 is 0 Å². The van der Waals surface area contributed by atoms with Gasteiger partial charge >= 0.3 is 0 Å². The summed E-state index contributed by atoms with van der Waals surface area (Å²) in [5.41, 5.74) is 11.4. The third-order valence-corrected chi connectivity index (χ3v) is 5.65. The number of anilines is 2. The van der Waals surface area contributed by atoms with Gasteiger partial charge < -0.3 is 20.4 Å². The van der Waals surface area contributed by atoms with Crippen LogP contribution in [0.2, 0.25) is 0 Å². The number of aromatic nitrogens is 4. The number of nitrogens with one attached hydrogen (secondary N) is 1. The molecular weight excluding hydrogens is 378 g/mol. The van der Waals surface area contributed by atoms with Crippen LogP contribution in [0.3, 0.4) is 0 Å². The Kier molecular flexibility index (Phi) is 4.63. The maximum Gasteiger partial charge on any atom is 0.231 e. The molecule has 3 N–H and O–H groups in total. The van der Waals surface area contributed by atoms with Crippen molar-refractivity contribution in [1.29, 1.82) is 0 Å². The van der Waals surface area contributed by atoms with Crippen LogP contribution in [0, 0.1) is 0 Å². The number of oxazole rings is 1. The van der Waals surface area contributed by atoms with Crippen molar-refractivity contribution in [1.82, 2.24) is 25.1 Å². The molecule has 8 nitrogen and oxygen atoms in total. The van der Waals surface area contributed by atoms with Gasteiger partial charge in [-0.25, -0.2) is 9.97 Å². The van der Waals surface area contributed by atoms with Crippen LogP contribution in [0.5, 0.6) is 0 Å². The summed E-state index contributed by atoms with van der Waals surface area (Å²) in [5.74, 6) is 0.863. The molecule has 1 aliphatic rings. The molecule has 0 saturated carbocycles. The van der Waals surface area contributed by atoms with Gasteiger partial charge in [0.25, 0.3) is 0 Å². The molecule has 1 aliphatic heterocycles.